The van der Waals surface area contributed by atoms with Crippen molar-refractivity contribution in [3.8, 4) is 11.1 Å². The lowest BCUT2D eigenvalue weighted by Crippen LogP contribution is -2.47. The van der Waals surface area contributed by atoms with Crippen LogP contribution < -0.4 is 10.6 Å². The number of rotatable bonds is 7. The number of carboxylic acids is 1. The summed E-state index contributed by atoms with van der Waals surface area (Å²) in [5.41, 5.74) is 4.82. The number of nitrogens with zero attached hydrogens (tertiary/aromatic N) is 2. The summed E-state index contributed by atoms with van der Waals surface area (Å²) in [5, 5.41) is 15.0. The van der Waals surface area contributed by atoms with Crippen LogP contribution in [0.1, 0.15) is 59.7 Å². The highest BCUT2D eigenvalue weighted by Crippen LogP contribution is 2.24. The zero-order valence-electron chi connectivity index (χ0n) is 21.3. The summed E-state index contributed by atoms with van der Waals surface area (Å²) in [6.45, 7) is 6.95. The third-order valence-electron chi connectivity index (χ3n) is 6.71. The second-order valence-electron chi connectivity index (χ2n) is 9.66. The lowest BCUT2D eigenvalue weighted by Gasteiger charge is -2.24. The van der Waals surface area contributed by atoms with Crippen molar-refractivity contribution in [1.29, 1.82) is 0 Å². The maximum Gasteiger partial charge on any atom is 0.335 e. The minimum atomic E-state index is -0.963. The van der Waals surface area contributed by atoms with Gasteiger partial charge in [-0.1, -0.05) is 50.2 Å². The van der Waals surface area contributed by atoms with Crippen LogP contribution in [0.3, 0.4) is 0 Å². The molecule has 0 unspecified atom stereocenters. The van der Waals surface area contributed by atoms with E-state index in [0.29, 0.717) is 36.8 Å². The van der Waals surface area contributed by atoms with Crippen LogP contribution in [0.2, 0.25) is 0 Å². The van der Waals surface area contributed by atoms with Crippen molar-refractivity contribution in [2.45, 2.75) is 52.1 Å². The van der Waals surface area contributed by atoms with Gasteiger partial charge < -0.3 is 20.6 Å². The fourth-order valence-corrected chi connectivity index (χ4v) is 4.51. The van der Waals surface area contributed by atoms with Crippen LogP contribution in [0.15, 0.2) is 60.8 Å². The summed E-state index contributed by atoms with van der Waals surface area (Å²) in [6.07, 6.45) is 2.98. The molecular formula is C29H32N4O4. The number of carboxylic acid groups (broad SMARTS) is 1. The molecule has 2 aromatic carbocycles. The van der Waals surface area contributed by atoms with Crippen LogP contribution in [0.4, 0.5) is 10.6 Å². The number of carbonyl (C=O) groups excluding carboxylic acids is 2. The first-order chi connectivity index (χ1) is 17.7. The largest absolute Gasteiger partial charge is 0.478 e. The summed E-state index contributed by atoms with van der Waals surface area (Å²) in [6, 6.07) is 16.0. The lowest BCUT2D eigenvalue weighted by molar-refractivity contribution is -0.119. The summed E-state index contributed by atoms with van der Waals surface area (Å²) in [7, 11) is 0. The molecule has 3 N–H and O–H groups in total. The summed E-state index contributed by atoms with van der Waals surface area (Å²) in [4.78, 5) is 43.0. The topological polar surface area (TPSA) is 112 Å². The first kappa shape index (κ1) is 25.9. The molecule has 1 fully saturated rings. The number of pyridine rings is 1. The van der Waals surface area contributed by atoms with E-state index in [9.17, 15) is 19.5 Å². The molecule has 1 aliphatic heterocycles. The van der Waals surface area contributed by atoms with Crippen LogP contribution >= 0.6 is 0 Å². The Morgan fingerprint density at radius 2 is 1.78 bits per heavy atom. The zero-order chi connectivity index (χ0) is 26.5. The maximum atomic E-state index is 13.0. The number of benzene rings is 2. The number of aromatic carboxylic acids is 1. The second kappa shape index (κ2) is 11.2. The molecule has 0 saturated carbocycles. The maximum absolute atomic E-state index is 13.0. The lowest BCUT2D eigenvalue weighted by atomic mass is 10.0. The normalized spacial score (nSPS) is 15.0. The van der Waals surface area contributed by atoms with Crippen molar-refractivity contribution in [1.82, 2.24) is 15.2 Å². The Labute approximate surface area is 216 Å². The SMILES string of the molecule is Cc1cc(-c2ccc(NC(=O)[C@H]3CCCN3C(=O)NCc3ccc(C(C)C)cc3)nc2)ccc1C(=O)O. The summed E-state index contributed by atoms with van der Waals surface area (Å²) < 4.78 is 0. The monoisotopic (exact) mass is 500 g/mol. The summed E-state index contributed by atoms with van der Waals surface area (Å²) >= 11 is 0. The number of nitrogens with one attached hydrogen (secondary N) is 2. The first-order valence-electron chi connectivity index (χ1n) is 12.5. The van der Waals surface area contributed by atoms with Crippen molar-refractivity contribution >= 4 is 23.7 Å². The number of anilines is 1. The van der Waals surface area contributed by atoms with Crippen molar-refractivity contribution < 1.29 is 19.5 Å². The molecule has 192 valence electrons. The third kappa shape index (κ3) is 6.14. The van der Waals surface area contributed by atoms with Gasteiger partial charge in [-0.05, 0) is 66.1 Å². The second-order valence-corrected chi connectivity index (χ2v) is 9.66. The van der Waals surface area contributed by atoms with E-state index in [4.69, 9.17) is 0 Å². The number of hydrogen-bond donors (Lipinski definition) is 3. The quantitative estimate of drug-likeness (QED) is 0.413. The Hall–Kier alpha value is -4.20. The molecule has 8 heteroatoms. The van der Waals surface area contributed by atoms with E-state index in [1.807, 2.05) is 18.2 Å². The van der Waals surface area contributed by atoms with Crippen molar-refractivity contribution in [3.63, 3.8) is 0 Å². The molecule has 1 saturated heterocycles. The number of likely N-dealkylation sites (tertiary alicyclic amines) is 1. The first-order valence-corrected chi connectivity index (χ1v) is 12.5. The van der Waals surface area contributed by atoms with E-state index in [0.717, 1.165) is 23.1 Å². The molecule has 0 radical (unpaired) electrons. The Balaban J connectivity index is 1.35. The zero-order valence-corrected chi connectivity index (χ0v) is 21.3. The molecule has 0 bridgehead atoms. The standard InChI is InChI=1S/C29H32N4O4/c1-18(2)21-8-6-20(7-9-21)16-31-29(37)33-14-4-5-25(33)27(34)32-26-13-11-23(17-30-26)22-10-12-24(28(35)36)19(3)15-22/h6-13,15,17-18,25H,4-5,14,16H2,1-3H3,(H,31,37)(H,35,36)(H,30,32,34)/t25-/m1/s1. The van der Waals surface area contributed by atoms with Gasteiger partial charge in [-0.15, -0.1) is 0 Å². The third-order valence-corrected chi connectivity index (χ3v) is 6.71. The van der Waals surface area contributed by atoms with Gasteiger partial charge >= 0.3 is 12.0 Å². The Morgan fingerprint density at radius 1 is 1.05 bits per heavy atom. The van der Waals surface area contributed by atoms with Crippen LogP contribution in [0.5, 0.6) is 0 Å². The van der Waals surface area contributed by atoms with Gasteiger partial charge in [-0.3, -0.25) is 4.79 Å². The molecule has 1 aromatic heterocycles. The fraction of sp³-hybridized carbons (Fsp3) is 0.310. The van der Waals surface area contributed by atoms with Gasteiger partial charge in [0.2, 0.25) is 5.91 Å². The van der Waals surface area contributed by atoms with Crippen molar-refractivity contribution in [2.24, 2.45) is 0 Å². The van der Waals surface area contributed by atoms with Gasteiger partial charge in [0.25, 0.3) is 0 Å². The molecule has 3 amide bonds. The molecule has 37 heavy (non-hydrogen) atoms. The predicted molar refractivity (Wildman–Crippen MR) is 142 cm³/mol. The van der Waals surface area contributed by atoms with Gasteiger partial charge in [0.15, 0.2) is 0 Å². The van der Waals surface area contributed by atoms with Crippen LogP contribution in [-0.4, -0.2) is 45.5 Å². The highest BCUT2D eigenvalue weighted by molar-refractivity contribution is 5.97. The number of hydrogen-bond acceptors (Lipinski definition) is 4. The number of aryl methyl sites for hydroxylation is 1. The average Bonchev–Trinajstić information content (AvgIpc) is 3.38. The Kier molecular flexibility index (Phi) is 7.86. The molecule has 0 aliphatic carbocycles. The van der Waals surface area contributed by atoms with Crippen molar-refractivity contribution in [2.75, 3.05) is 11.9 Å². The van der Waals surface area contributed by atoms with Gasteiger partial charge in [-0.2, -0.15) is 0 Å². The molecule has 4 rings (SSSR count). The van der Waals surface area contributed by atoms with Crippen molar-refractivity contribution in [3.05, 3.63) is 83.0 Å². The fourth-order valence-electron chi connectivity index (χ4n) is 4.51. The van der Waals surface area contributed by atoms with E-state index in [1.165, 1.54) is 5.56 Å². The number of carbonyl (C=O) groups is 3. The van der Waals surface area contributed by atoms with E-state index in [1.54, 1.807) is 42.3 Å². The van der Waals surface area contributed by atoms with Crippen LogP contribution in [0, 0.1) is 6.92 Å². The minimum Gasteiger partial charge on any atom is -0.478 e. The van der Waals surface area contributed by atoms with Crippen LogP contribution in [0.25, 0.3) is 11.1 Å². The van der Waals surface area contributed by atoms with E-state index < -0.39 is 12.0 Å². The van der Waals surface area contributed by atoms with E-state index >= 15 is 0 Å². The van der Waals surface area contributed by atoms with E-state index in [2.05, 4.69) is 41.6 Å². The molecule has 1 atom stereocenters. The van der Waals surface area contributed by atoms with Gasteiger partial charge in [0, 0.05) is 24.8 Å². The Morgan fingerprint density at radius 3 is 2.41 bits per heavy atom. The summed E-state index contributed by atoms with van der Waals surface area (Å²) in [5.74, 6) is -0.385. The molecule has 8 nitrogen and oxygen atoms in total. The van der Waals surface area contributed by atoms with E-state index in [-0.39, 0.29) is 17.5 Å². The molecule has 1 aliphatic rings. The predicted octanol–water partition coefficient (Wildman–Crippen LogP) is 5.19. The highest BCUT2D eigenvalue weighted by atomic mass is 16.4. The average molecular weight is 501 g/mol. The van der Waals surface area contributed by atoms with Gasteiger partial charge in [0.1, 0.15) is 11.9 Å². The number of urea groups is 1. The Bertz CT molecular complexity index is 1290. The van der Waals surface area contributed by atoms with Gasteiger partial charge in [0.05, 0.1) is 5.56 Å². The minimum absolute atomic E-state index is 0.255. The highest BCUT2D eigenvalue weighted by Gasteiger charge is 2.34. The van der Waals surface area contributed by atoms with Crippen LogP contribution in [-0.2, 0) is 11.3 Å². The van der Waals surface area contributed by atoms with Gasteiger partial charge in [-0.25, -0.2) is 14.6 Å². The molecular weight excluding hydrogens is 468 g/mol. The number of aromatic nitrogens is 1. The molecule has 0 spiro atoms. The molecule has 3 aromatic rings. The number of amides is 3. The smallest absolute Gasteiger partial charge is 0.335 e. The molecule has 2 heterocycles.